The average molecular weight is 323 g/mol. The third kappa shape index (κ3) is 3.18. The first-order chi connectivity index (χ1) is 5.90. The van der Waals surface area contributed by atoms with Gasteiger partial charge in [0, 0.05) is 6.20 Å². The molecular formula is C6H2ClF3INO. The topological polar surface area (TPSA) is 22.1 Å². The minimum Gasteiger partial charge on any atom is -0.401 e. The highest BCUT2D eigenvalue weighted by Crippen LogP contribution is 2.32. The van der Waals surface area contributed by atoms with Crippen LogP contribution in [0.3, 0.4) is 0 Å². The van der Waals surface area contributed by atoms with Crippen molar-refractivity contribution in [1.29, 1.82) is 0 Å². The highest BCUT2D eigenvalue weighted by atomic mass is 127. The van der Waals surface area contributed by atoms with Crippen molar-refractivity contribution in [2.45, 2.75) is 6.36 Å². The number of nitrogens with zero attached hydrogens (tertiary/aromatic N) is 1. The Hall–Kier alpha value is -0.240. The van der Waals surface area contributed by atoms with E-state index in [1.54, 1.807) is 22.6 Å². The second-order valence-electron chi connectivity index (χ2n) is 1.96. The molecule has 0 unspecified atom stereocenters. The lowest BCUT2D eigenvalue weighted by Gasteiger charge is -2.10. The van der Waals surface area contributed by atoms with Gasteiger partial charge in [-0.3, -0.25) is 0 Å². The summed E-state index contributed by atoms with van der Waals surface area (Å²) in [6.45, 7) is 0. The summed E-state index contributed by atoms with van der Waals surface area (Å²) in [5.74, 6) is -0.461. The molecule has 72 valence electrons. The monoisotopic (exact) mass is 323 g/mol. The zero-order valence-corrected chi connectivity index (χ0v) is 8.81. The molecule has 1 heterocycles. The van der Waals surface area contributed by atoms with Crippen molar-refractivity contribution >= 4 is 34.2 Å². The van der Waals surface area contributed by atoms with Crippen LogP contribution >= 0.6 is 34.2 Å². The molecule has 0 aliphatic carbocycles. The summed E-state index contributed by atoms with van der Waals surface area (Å²) >= 11 is 7.07. The third-order valence-electron chi connectivity index (χ3n) is 1.03. The Labute approximate surface area is 90.2 Å². The molecule has 0 radical (unpaired) electrons. The van der Waals surface area contributed by atoms with Gasteiger partial charge in [-0.2, -0.15) is 0 Å². The zero-order valence-electron chi connectivity index (χ0n) is 5.90. The van der Waals surface area contributed by atoms with Crippen molar-refractivity contribution in [2.24, 2.45) is 0 Å². The first-order valence-corrected chi connectivity index (χ1v) is 4.41. The first kappa shape index (κ1) is 10.8. The molecule has 2 nitrogen and oxygen atoms in total. The number of halogens is 5. The normalized spacial score (nSPS) is 11.5. The maximum Gasteiger partial charge on any atom is 0.573 e. The van der Waals surface area contributed by atoms with E-state index in [2.05, 4.69) is 9.72 Å². The van der Waals surface area contributed by atoms with Gasteiger partial charge in [-0.1, -0.05) is 11.6 Å². The Kier molecular flexibility index (Phi) is 3.23. The van der Waals surface area contributed by atoms with Crippen molar-refractivity contribution in [3.05, 3.63) is 21.0 Å². The average Bonchev–Trinajstić information content (AvgIpc) is 1.95. The Morgan fingerprint density at radius 3 is 2.54 bits per heavy atom. The molecule has 0 saturated carbocycles. The van der Waals surface area contributed by atoms with Gasteiger partial charge in [0.05, 0.1) is 3.57 Å². The summed E-state index contributed by atoms with van der Waals surface area (Å²) in [6.07, 6.45) is -3.44. The molecule has 0 bridgehead atoms. The number of pyridine rings is 1. The van der Waals surface area contributed by atoms with Crippen LogP contribution in [-0.4, -0.2) is 11.3 Å². The van der Waals surface area contributed by atoms with E-state index in [0.29, 0.717) is 0 Å². The molecule has 13 heavy (non-hydrogen) atoms. The van der Waals surface area contributed by atoms with E-state index < -0.39 is 12.1 Å². The largest absolute Gasteiger partial charge is 0.573 e. The standard InChI is InChI=1S/C6H2ClF3INO/c7-5-4(13-6(8,9)10)3(11)1-2-12-5/h1-2H. The molecule has 0 aliphatic heterocycles. The fraction of sp³-hybridized carbons (Fsp3) is 0.167. The van der Waals surface area contributed by atoms with Crippen LogP contribution in [0, 0.1) is 3.57 Å². The zero-order chi connectivity index (χ0) is 10.1. The van der Waals surface area contributed by atoms with Crippen LogP contribution in [0.2, 0.25) is 5.15 Å². The smallest absolute Gasteiger partial charge is 0.401 e. The summed E-state index contributed by atoms with van der Waals surface area (Å²) in [6, 6.07) is 1.37. The number of hydrogen-bond donors (Lipinski definition) is 0. The van der Waals surface area contributed by atoms with Crippen molar-refractivity contribution < 1.29 is 17.9 Å². The summed E-state index contributed by atoms with van der Waals surface area (Å²) in [4.78, 5) is 3.46. The summed E-state index contributed by atoms with van der Waals surface area (Å²) < 4.78 is 39.3. The molecule has 7 heteroatoms. The van der Waals surface area contributed by atoms with E-state index in [-0.39, 0.29) is 8.72 Å². The third-order valence-corrected chi connectivity index (χ3v) is 2.15. The molecule has 0 N–H and O–H groups in total. The van der Waals surface area contributed by atoms with Gasteiger partial charge in [-0.05, 0) is 28.7 Å². The highest BCUT2D eigenvalue weighted by Gasteiger charge is 2.33. The minimum atomic E-state index is -4.74. The molecule has 0 amide bonds. The molecule has 0 fully saturated rings. The van der Waals surface area contributed by atoms with Crippen LogP contribution in [0.4, 0.5) is 13.2 Å². The van der Waals surface area contributed by atoms with E-state index >= 15 is 0 Å². The second kappa shape index (κ2) is 3.87. The maximum absolute atomic E-state index is 11.8. The number of hydrogen-bond acceptors (Lipinski definition) is 2. The summed E-state index contributed by atoms with van der Waals surface area (Å²) in [5.41, 5.74) is 0. The highest BCUT2D eigenvalue weighted by molar-refractivity contribution is 14.1. The second-order valence-corrected chi connectivity index (χ2v) is 3.48. The Bertz CT molecular complexity index is 297. The lowest BCUT2D eigenvalue weighted by atomic mass is 10.5. The minimum absolute atomic E-state index is 0.259. The van der Waals surface area contributed by atoms with Gasteiger partial charge >= 0.3 is 6.36 Å². The van der Waals surface area contributed by atoms with Crippen LogP contribution in [0.15, 0.2) is 12.3 Å². The van der Waals surface area contributed by atoms with E-state index in [0.717, 1.165) is 0 Å². The number of ether oxygens (including phenoxy) is 1. The molecule has 0 aliphatic rings. The predicted octanol–water partition coefficient (Wildman–Crippen LogP) is 3.24. The van der Waals surface area contributed by atoms with Crippen molar-refractivity contribution in [3.8, 4) is 5.75 Å². The van der Waals surface area contributed by atoms with Gasteiger partial charge in [0.15, 0.2) is 10.9 Å². The molecule has 1 aromatic heterocycles. The van der Waals surface area contributed by atoms with Crippen LogP contribution in [-0.2, 0) is 0 Å². The first-order valence-electron chi connectivity index (χ1n) is 2.96. The molecule has 0 saturated heterocycles. The quantitative estimate of drug-likeness (QED) is 0.585. The van der Waals surface area contributed by atoms with Gasteiger partial charge in [0.2, 0.25) is 0 Å². The Morgan fingerprint density at radius 1 is 1.46 bits per heavy atom. The Morgan fingerprint density at radius 2 is 2.08 bits per heavy atom. The van der Waals surface area contributed by atoms with Crippen LogP contribution in [0.1, 0.15) is 0 Å². The lowest BCUT2D eigenvalue weighted by molar-refractivity contribution is -0.275. The molecule has 1 aromatic rings. The maximum atomic E-state index is 11.8. The van der Waals surface area contributed by atoms with E-state index in [1.165, 1.54) is 12.3 Å². The van der Waals surface area contributed by atoms with E-state index in [9.17, 15) is 13.2 Å². The van der Waals surface area contributed by atoms with E-state index in [1.807, 2.05) is 0 Å². The van der Waals surface area contributed by atoms with Crippen molar-refractivity contribution in [2.75, 3.05) is 0 Å². The molecular weight excluding hydrogens is 321 g/mol. The number of rotatable bonds is 1. The van der Waals surface area contributed by atoms with Gasteiger partial charge in [0.25, 0.3) is 0 Å². The van der Waals surface area contributed by atoms with Crippen molar-refractivity contribution in [1.82, 2.24) is 4.98 Å². The van der Waals surface area contributed by atoms with Crippen LogP contribution in [0.5, 0.6) is 5.75 Å². The fourth-order valence-electron chi connectivity index (χ4n) is 0.608. The fourth-order valence-corrected chi connectivity index (χ4v) is 1.49. The summed E-state index contributed by atoms with van der Waals surface area (Å²) in [5, 5.41) is -0.302. The van der Waals surface area contributed by atoms with Crippen molar-refractivity contribution in [3.63, 3.8) is 0 Å². The predicted molar refractivity (Wildman–Crippen MR) is 48.6 cm³/mol. The molecule has 0 atom stereocenters. The molecule has 0 spiro atoms. The van der Waals surface area contributed by atoms with Gasteiger partial charge in [-0.25, -0.2) is 4.98 Å². The SMILES string of the molecule is FC(F)(F)Oc1c(I)ccnc1Cl. The van der Waals surface area contributed by atoms with Gasteiger partial charge < -0.3 is 4.74 Å². The Balaban J connectivity index is 3.00. The van der Waals surface area contributed by atoms with Gasteiger partial charge in [0.1, 0.15) is 0 Å². The van der Waals surface area contributed by atoms with E-state index in [4.69, 9.17) is 11.6 Å². The molecule has 0 aromatic carbocycles. The lowest BCUT2D eigenvalue weighted by Crippen LogP contribution is -2.18. The summed E-state index contributed by atoms with van der Waals surface area (Å²) in [7, 11) is 0. The number of aromatic nitrogens is 1. The van der Waals surface area contributed by atoms with Crippen LogP contribution in [0.25, 0.3) is 0 Å². The molecule has 1 rings (SSSR count). The van der Waals surface area contributed by atoms with Gasteiger partial charge in [-0.15, -0.1) is 13.2 Å². The van der Waals surface area contributed by atoms with Crippen LogP contribution < -0.4 is 4.74 Å². The number of alkyl halides is 3.